The Balaban J connectivity index is 1.43. The van der Waals surface area contributed by atoms with Gasteiger partial charge in [-0.3, -0.25) is 14.5 Å². The number of nitriles is 1. The van der Waals surface area contributed by atoms with E-state index in [1.165, 1.54) is 17.0 Å². The number of carbonyl (C=O) groups is 2. The van der Waals surface area contributed by atoms with Gasteiger partial charge in [0.2, 0.25) is 11.8 Å². The Hall–Kier alpha value is -2.53. The minimum absolute atomic E-state index is 0.0525. The van der Waals surface area contributed by atoms with Gasteiger partial charge in [-0.05, 0) is 31.4 Å². The quantitative estimate of drug-likeness (QED) is 0.790. The van der Waals surface area contributed by atoms with Crippen molar-refractivity contribution in [2.45, 2.75) is 44.3 Å². The van der Waals surface area contributed by atoms with Crippen LogP contribution in [0.5, 0.6) is 0 Å². The van der Waals surface area contributed by atoms with Crippen LogP contribution in [0.1, 0.15) is 26.2 Å². The van der Waals surface area contributed by atoms with Gasteiger partial charge < -0.3 is 9.80 Å². The van der Waals surface area contributed by atoms with Gasteiger partial charge in [0.05, 0.1) is 18.2 Å². The van der Waals surface area contributed by atoms with Crippen molar-refractivity contribution in [3.8, 4) is 6.07 Å². The lowest BCUT2D eigenvalue weighted by molar-refractivity contribution is -0.136. The fraction of sp³-hybridized carbons (Fsp3) is 0.550. The van der Waals surface area contributed by atoms with E-state index in [1.807, 2.05) is 11.8 Å². The van der Waals surface area contributed by atoms with E-state index < -0.39 is 11.6 Å². The summed E-state index contributed by atoms with van der Waals surface area (Å²) in [5.74, 6) is -1.97. The molecule has 1 aromatic carbocycles. The number of fused-ring (bicyclic) bond motifs is 2. The smallest absolute Gasteiger partial charge is 0.244 e. The predicted octanol–water partition coefficient (Wildman–Crippen LogP) is 1.90. The van der Waals surface area contributed by atoms with Crippen molar-refractivity contribution in [2.75, 3.05) is 24.5 Å². The highest BCUT2D eigenvalue weighted by molar-refractivity contribution is 6.01. The zero-order valence-corrected chi connectivity index (χ0v) is 15.6. The largest absolute Gasteiger partial charge is 0.326 e. The van der Waals surface area contributed by atoms with Gasteiger partial charge >= 0.3 is 0 Å². The number of hydrogen-bond acceptors (Lipinski definition) is 4. The molecular weight excluding hydrogens is 366 g/mol. The number of likely N-dealkylation sites (tertiary alicyclic amines) is 2. The molecule has 148 valence electrons. The average Bonchev–Trinajstić information content (AvgIpc) is 3.34. The summed E-state index contributed by atoms with van der Waals surface area (Å²) in [7, 11) is 0. The second-order valence-corrected chi connectivity index (χ2v) is 7.91. The van der Waals surface area contributed by atoms with Crippen LogP contribution in [0.15, 0.2) is 18.2 Å². The fourth-order valence-corrected chi connectivity index (χ4v) is 4.76. The van der Waals surface area contributed by atoms with Crippen LogP contribution in [-0.4, -0.2) is 59.4 Å². The molecule has 4 rings (SSSR count). The number of benzene rings is 1. The summed E-state index contributed by atoms with van der Waals surface area (Å²) in [5, 5.41) is 9.19. The lowest BCUT2D eigenvalue weighted by Crippen LogP contribution is -2.53. The third-order valence-electron chi connectivity index (χ3n) is 6.01. The van der Waals surface area contributed by atoms with E-state index in [2.05, 4.69) is 6.07 Å². The number of nitrogens with zero attached hydrogens (tertiary/aromatic N) is 4. The SMILES string of the molecule is C[C@@H](CN1C[C@H]2C[C@@H]1C(=O)N2c1cc(F)cc(F)c1)C(=O)N1CCC[C@H]1C#N. The number of hydrogen-bond donors (Lipinski definition) is 0. The van der Waals surface area contributed by atoms with Gasteiger partial charge in [-0.2, -0.15) is 5.26 Å². The lowest BCUT2D eigenvalue weighted by atomic mass is 10.1. The highest BCUT2D eigenvalue weighted by Crippen LogP contribution is 2.36. The van der Waals surface area contributed by atoms with Gasteiger partial charge in [0.15, 0.2) is 0 Å². The van der Waals surface area contributed by atoms with Crippen molar-refractivity contribution in [1.82, 2.24) is 9.80 Å². The van der Waals surface area contributed by atoms with Gasteiger partial charge in [0.25, 0.3) is 0 Å². The van der Waals surface area contributed by atoms with Crippen molar-refractivity contribution >= 4 is 17.5 Å². The molecule has 1 aromatic rings. The summed E-state index contributed by atoms with van der Waals surface area (Å²) in [5.41, 5.74) is 0.243. The molecule has 8 heteroatoms. The normalized spacial score (nSPS) is 28.1. The van der Waals surface area contributed by atoms with Gasteiger partial charge in [-0.25, -0.2) is 8.78 Å². The summed E-state index contributed by atoms with van der Waals surface area (Å²) in [4.78, 5) is 30.6. The van der Waals surface area contributed by atoms with Gasteiger partial charge in [-0.1, -0.05) is 6.92 Å². The number of carbonyl (C=O) groups excluding carboxylic acids is 2. The fourth-order valence-electron chi connectivity index (χ4n) is 4.76. The molecule has 28 heavy (non-hydrogen) atoms. The Morgan fingerprint density at radius 1 is 1.32 bits per heavy atom. The van der Waals surface area contributed by atoms with Crippen LogP contribution in [-0.2, 0) is 9.59 Å². The number of amides is 2. The third-order valence-corrected chi connectivity index (χ3v) is 6.01. The highest BCUT2D eigenvalue weighted by Gasteiger charge is 2.50. The Bertz CT molecular complexity index is 835. The Morgan fingerprint density at radius 2 is 2.04 bits per heavy atom. The minimum atomic E-state index is -0.709. The highest BCUT2D eigenvalue weighted by atomic mass is 19.1. The van der Waals surface area contributed by atoms with Crippen LogP contribution in [0.3, 0.4) is 0 Å². The van der Waals surface area contributed by atoms with Crippen LogP contribution in [0.25, 0.3) is 0 Å². The van der Waals surface area contributed by atoms with Crippen LogP contribution < -0.4 is 4.90 Å². The van der Waals surface area contributed by atoms with Crippen molar-refractivity contribution in [2.24, 2.45) is 5.92 Å². The van der Waals surface area contributed by atoms with E-state index in [-0.39, 0.29) is 41.5 Å². The molecule has 4 atom stereocenters. The van der Waals surface area contributed by atoms with Gasteiger partial charge in [-0.15, -0.1) is 0 Å². The Kier molecular flexibility index (Phi) is 4.79. The molecular formula is C20H22F2N4O2. The number of piperazine rings is 1. The molecule has 0 spiro atoms. The summed E-state index contributed by atoms with van der Waals surface area (Å²) in [6.45, 7) is 3.43. The zero-order chi connectivity index (χ0) is 20.0. The van der Waals surface area contributed by atoms with E-state index in [9.17, 15) is 23.6 Å². The van der Waals surface area contributed by atoms with E-state index in [0.717, 1.165) is 12.5 Å². The molecule has 2 bridgehead atoms. The zero-order valence-electron chi connectivity index (χ0n) is 15.6. The van der Waals surface area contributed by atoms with Crippen LogP contribution in [0.2, 0.25) is 0 Å². The third kappa shape index (κ3) is 3.14. The van der Waals surface area contributed by atoms with Crippen molar-refractivity contribution in [1.29, 1.82) is 5.26 Å². The molecule has 0 saturated carbocycles. The number of rotatable bonds is 4. The molecule has 0 aromatic heterocycles. The predicted molar refractivity (Wildman–Crippen MR) is 97.1 cm³/mol. The van der Waals surface area contributed by atoms with E-state index in [0.29, 0.717) is 32.5 Å². The lowest BCUT2D eigenvalue weighted by Gasteiger charge is -2.35. The molecule has 2 amide bonds. The van der Waals surface area contributed by atoms with Crippen molar-refractivity contribution in [3.05, 3.63) is 29.8 Å². The molecule has 0 unspecified atom stereocenters. The molecule has 3 fully saturated rings. The number of anilines is 1. The number of halogens is 2. The minimum Gasteiger partial charge on any atom is -0.326 e. The molecule has 3 aliphatic heterocycles. The maximum Gasteiger partial charge on any atom is 0.244 e. The van der Waals surface area contributed by atoms with Crippen LogP contribution in [0, 0.1) is 28.9 Å². The topological polar surface area (TPSA) is 67.7 Å². The van der Waals surface area contributed by atoms with Gasteiger partial charge in [0.1, 0.15) is 17.7 Å². The molecule has 0 aliphatic carbocycles. The maximum absolute atomic E-state index is 13.5. The second-order valence-electron chi connectivity index (χ2n) is 7.91. The molecule has 0 N–H and O–H groups in total. The summed E-state index contributed by atoms with van der Waals surface area (Å²) >= 11 is 0. The first-order valence-corrected chi connectivity index (χ1v) is 9.62. The van der Waals surface area contributed by atoms with Crippen molar-refractivity contribution in [3.63, 3.8) is 0 Å². The standard InChI is InChI=1S/C20H22F2N4O2/c1-12(19(27)25-4-2-3-15(25)9-23)10-24-11-17-8-18(24)20(28)26(17)16-6-13(21)5-14(22)7-16/h5-7,12,15,17-18H,2-4,8,10-11H2,1H3/t12-,15-,17+,18+/m0/s1. The molecule has 3 heterocycles. The monoisotopic (exact) mass is 388 g/mol. The second kappa shape index (κ2) is 7.13. The van der Waals surface area contributed by atoms with E-state index in [1.54, 1.807) is 4.90 Å². The molecule has 0 radical (unpaired) electrons. The maximum atomic E-state index is 13.5. The Labute approximate surface area is 162 Å². The van der Waals surface area contributed by atoms with Crippen molar-refractivity contribution < 1.29 is 18.4 Å². The molecule has 6 nitrogen and oxygen atoms in total. The molecule has 3 aliphatic rings. The first-order valence-electron chi connectivity index (χ1n) is 9.62. The van der Waals surface area contributed by atoms with E-state index >= 15 is 0 Å². The van der Waals surface area contributed by atoms with E-state index in [4.69, 9.17) is 0 Å². The Morgan fingerprint density at radius 3 is 2.68 bits per heavy atom. The average molecular weight is 388 g/mol. The van der Waals surface area contributed by atoms with Crippen LogP contribution >= 0.6 is 0 Å². The first-order chi connectivity index (χ1) is 13.4. The molecule has 3 saturated heterocycles. The van der Waals surface area contributed by atoms with Gasteiger partial charge in [0, 0.05) is 37.3 Å². The van der Waals surface area contributed by atoms with Crippen LogP contribution in [0.4, 0.5) is 14.5 Å². The summed E-state index contributed by atoms with van der Waals surface area (Å²) < 4.78 is 27.1. The summed E-state index contributed by atoms with van der Waals surface area (Å²) in [6.07, 6.45) is 2.13. The first kappa shape index (κ1) is 18.8. The summed E-state index contributed by atoms with van der Waals surface area (Å²) in [6, 6.07) is 4.43.